The number of fused-ring (bicyclic) bond motifs is 1. The number of aliphatic hydroxyl groups excluding tert-OH is 2. The molecule has 0 radical (unpaired) electrons. The van der Waals surface area contributed by atoms with Gasteiger partial charge in [0.25, 0.3) is 11.8 Å². The van der Waals surface area contributed by atoms with Crippen molar-refractivity contribution >= 4 is 11.8 Å². The third-order valence-corrected chi connectivity index (χ3v) is 4.75. The first kappa shape index (κ1) is 17.0. The van der Waals surface area contributed by atoms with Crippen LogP contribution in [0.2, 0.25) is 0 Å². The van der Waals surface area contributed by atoms with Gasteiger partial charge in [-0.1, -0.05) is 12.1 Å². The van der Waals surface area contributed by atoms with E-state index in [4.69, 9.17) is 0 Å². The van der Waals surface area contributed by atoms with E-state index in [-0.39, 0.29) is 11.8 Å². The van der Waals surface area contributed by atoms with E-state index in [0.717, 1.165) is 4.90 Å². The molecule has 2 aliphatic rings. The summed E-state index contributed by atoms with van der Waals surface area (Å²) in [5, 5.41) is 20.9. The van der Waals surface area contributed by atoms with E-state index < -0.39 is 18.5 Å². The fourth-order valence-corrected chi connectivity index (χ4v) is 3.40. The number of aliphatic hydroxyl groups is 2. The Morgan fingerprint density at radius 1 is 1.08 bits per heavy atom. The number of amides is 2. The smallest absolute Gasteiger partial charge is 0.261 e. The Balaban J connectivity index is 1.82. The molecule has 3 rings (SSSR count). The molecular formula is C17H23N3O4. The summed E-state index contributed by atoms with van der Waals surface area (Å²) in [6.07, 6.45) is -1.06. The first-order valence-electron chi connectivity index (χ1n) is 8.15. The molecule has 1 aromatic rings. The van der Waals surface area contributed by atoms with Crippen LogP contribution in [-0.4, -0.2) is 82.4 Å². The zero-order chi connectivity index (χ0) is 17.4. The van der Waals surface area contributed by atoms with Gasteiger partial charge in [-0.3, -0.25) is 14.5 Å². The van der Waals surface area contributed by atoms with Crippen LogP contribution in [0.15, 0.2) is 24.3 Å². The number of nitrogens with zero attached hydrogens (tertiary/aromatic N) is 3. The van der Waals surface area contributed by atoms with Crippen molar-refractivity contribution in [2.24, 2.45) is 0 Å². The maximum absolute atomic E-state index is 12.6. The maximum atomic E-state index is 12.6. The average Bonchev–Trinajstić information content (AvgIpc) is 2.80. The minimum Gasteiger partial charge on any atom is -0.378 e. The van der Waals surface area contributed by atoms with Gasteiger partial charge in [0.15, 0.2) is 0 Å². The second kappa shape index (κ2) is 6.60. The molecule has 0 saturated carbocycles. The van der Waals surface area contributed by atoms with Crippen LogP contribution in [0.4, 0.5) is 0 Å². The molecule has 0 spiro atoms. The second-order valence-electron chi connectivity index (χ2n) is 6.61. The summed E-state index contributed by atoms with van der Waals surface area (Å²) >= 11 is 0. The summed E-state index contributed by atoms with van der Waals surface area (Å²) in [4.78, 5) is 29.9. The van der Waals surface area contributed by atoms with Crippen LogP contribution in [0.25, 0.3) is 0 Å². The number of carbonyl (C=O) groups is 2. The zero-order valence-electron chi connectivity index (χ0n) is 13.9. The maximum Gasteiger partial charge on any atom is 0.261 e. The van der Waals surface area contributed by atoms with Gasteiger partial charge in [0.05, 0.1) is 17.2 Å². The third-order valence-electron chi connectivity index (χ3n) is 4.75. The molecule has 2 heterocycles. The molecule has 3 unspecified atom stereocenters. The van der Waals surface area contributed by atoms with Crippen molar-refractivity contribution in [2.45, 2.75) is 31.3 Å². The zero-order valence-corrected chi connectivity index (χ0v) is 13.9. The van der Waals surface area contributed by atoms with Crippen LogP contribution in [0.1, 0.15) is 33.6 Å². The summed E-state index contributed by atoms with van der Waals surface area (Å²) in [6, 6.07) is 6.05. The Morgan fingerprint density at radius 3 is 2.21 bits per heavy atom. The van der Waals surface area contributed by atoms with Gasteiger partial charge < -0.3 is 15.1 Å². The molecule has 0 aromatic heterocycles. The summed E-state index contributed by atoms with van der Waals surface area (Å²) in [7, 11) is 3.81. The van der Waals surface area contributed by atoms with E-state index >= 15 is 0 Å². The molecular weight excluding hydrogens is 310 g/mol. The number of piperidine rings is 1. The van der Waals surface area contributed by atoms with E-state index in [1.165, 1.54) is 0 Å². The summed E-state index contributed by atoms with van der Waals surface area (Å²) < 4.78 is 0. The molecule has 2 aliphatic heterocycles. The fraction of sp³-hybridized carbons (Fsp3) is 0.529. The van der Waals surface area contributed by atoms with Gasteiger partial charge in [0, 0.05) is 13.1 Å². The van der Waals surface area contributed by atoms with Crippen molar-refractivity contribution < 1.29 is 19.8 Å². The molecule has 130 valence electrons. The van der Waals surface area contributed by atoms with Crippen LogP contribution in [0.5, 0.6) is 0 Å². The second-order valence-corrected chi connectivity index (χ2v) is 6.61. The number of likely N-dealkylation sites (tertiary alicyclic amines) is 1. The molecule has 24 heavy (non-hydrogen) atoms. The number of imide groups is 1. The van der Waals surface area contributed by atoms with E-state index in [1.54, 1.807) is 29.2 Å². The number of rotatable bonds is 4. The molecule has 0 bridgehead atoms. The van der Waals surface area contributed by atoms with Gasteiger partial charge in [-0.25, -0.2) is 4.90 Å². The molecule has 2 amide bonds. The lowest BCUT2D eigenvalue weighted by molar-refractivity contribution is -0.156. The van der Waals surface area contributed by atoms with Gasteiger partial charge in [-0.15, -0.1) is 0 Å². The molecule has 0 aliphatic carbocycles. The summed E-state index contributed by atoms with van der Waals surface area (Å²) in [5.41, 5.74) is 0.751. The minimum atomic E-state index is -1.07. The van der Waals surface area contributed by atoms with Crippen LogP contribution in [0, 0.1) is 0 Å². The number of likely N-dealkylation sites (N-methyl/N-ethyl adjacent to an activating group) is 1. The predicted octanol–water partition coefficient (Wildman–Crippen LogP) is -0.0546. The number of hydrogen-bond donors (Lipinski definition) is 2. The standard InChI is InChI=1S/C17H23N3O4/c1-18(2)9-10-19-14(21)8-7-13(17(19)24)20-15(22)11-5-3-4-6-12(11)16(20)23/h3-6,13-14,17,21,24H,7-10H2,1-2H3. The van der Waals surface area contributed by atoms with E-state index in [2.05, 4.69) is 0 Å². The molecule has 2 N–H and O–H groups in total. The predicted molar refractivity (Wildman–Crippen MR) is 87.2 cm³/mol. The van der Waals surface area contributed by atoms with E-state index in [9.17, 15) is 19.8 Å². The van der Waals surface area contributed by atoms with Crippen LogP contribution < -0.4 is 0 Å². The normalized spacial score (nSPS) is 27.9. The minimum absolute atomic E-state index is 0.372. The topological polar surface area (TPSA) is 84.3 Å². The van der Waals surface area contributed by atoms with Crippen molar-refractivity contribution in [1.82, 2.24) is 14.7 Å². The molecule has 3 atom stereocenters. The lowest BCUT2D eigenvalue weighted by Crippen LogP contribution is -2.60. The lowest BCUT2D eigenvalue weighted by atomic mass is 10.00. The van der Waals surface area contributed by atoms with Crippen LogP contribution >= 0.6 is 0 Å². The molecule has 1 aromatic carbocycles. The highest BCUT2D eigenvalue weighted by atomic mass is 16.3. The first-order chi connectivity index (χ1) is 11.4. The highest BCUT2D eigenvalue weighted by Crippen LogP contribution is 2.31. The van der Waals surface area contributed by atoms with Gasteiger partial charge >= 0.3 is 0 Å². The summed E-state index contributed by atoms with van der Waals surface area (Å²) in [5.74, 6) is -0.743. The monoisotopic (exact) mass is 333 g/mol. The van der Waals surface area contributed by atoms with Crippen LogP contribution in [0.3, 0.4) is 0 Å². The quantitative estimate of drug-likeness (QED) is 0.752. The number of benzene rings is 1. The van der Waals surface area contributed by atoms with E-state index in [1.807, 2.05) is 19.0 Å². The molecule has 1 fully saturated rings. The van der Waals surface area contributed by atoms with Gasteiger partial charge in [-0.2, -0.15) is 0 Å². The Labute approximate surface area is 141 Å². The fourth-order valence-electron chi connectivity index (χ4n) is 3.40. The van der Waals surface area contributed by atoms with Gasteiger partial charge in [0.2, 0.25) is 0 Å². The molecule has 7 heteroatoms. The SMILES string of the molecule is CN(C)CCN1C(O)CCC(N2C(=O)c3ccccc3C2=O)C1O. The lowest BCUT2D eigenvalue weighted by Gasteiger charge is -2.44. The van der Waals surface area contributed by atoms with Gasteiger partial charge in [-0.05, 0) is 39.1 Å². The molecule has 1 saturated heterocycles. The highest BCUT2D eigenvalue weighted by molar-refractivity contribution is 6.21. The largest absolute Gasteiger partial charge is 0.378 e. The highest BCUT2D eigenvalue weighted by Gasteiger charge is 2.46. The Morgan fingerprint density at radius 2 is 1.67 bits per heavy atom. The first-order valence-corrected chi connectivity index (χ1v) is 8.15. The van der Waals surface area contributed by atoms with Crippen molar-refractivity contribution in [3.63, 3.8) is 0 Å². The Bertz CT molecular complexity index is 613. The Kier molecular flexibility index (Phi) is 4.69. The van der Waals surface area contributed by atoms with Crippen molar-refractivity contribution in [3.05, 3.63) is 35.4 Å². The van der Waals surface area contributed by atoms with E-state index in [0.29, 0.717) is 37.1 Å². The number of hydrogen-bond acceptors (Lipinski definition) is 6. The van der Waals surface area contributed by atoms with Gasteiger partial charge in [0.1, 0.15) is 12.5 Å². The van der Waals surface area contributed by atoms with Crippen molar-refractivity contribution in [1.29, 1.82) is 0 Å². The van der Waals surface area contributed by atoms with Crippen molar-refractivity contribution in [3.8, 4) is 0 Å². The average molecular weight is 333 g/mol. The number of carbonyl (C=O) groups excluding carboxylic acids is 2. The summed E-state index contributed by atoms with van der Waals surface area (Å²) in [6.45, 7) is 1.11. The Hall–Kier alpha value is -1.80. The third kappa shape index (κ3) is 2.84. The van der Waals surface area contributed by atoms with Crippen molar-refractivity contribution in [2.75, 3.05) is 27.2 Å². The van der Waals surface area contributed by atoms with Crippen LogP contribution in [-0.2, 0) is 0 Å². The molecule has 7 nitrogen and oxygen atoms in total.